The van der Waals surface area contributed by atoms with E-state index >= 15 is 0 Å². The molecule has 0 saturated carbocycles. The van der Waals surface area contributed by atoms with Gasteiger partial charge in [0.15, 0.2) is 0 Å². The van der Waals surface area contributed by atoms with Crippen molar-refractivity contribution in [2.75, 3.05) is 5.32 Å². The van der Waals surface area contributed by atoms with Gasteiger partial charge in [-0.15, -0.1) is 0 Å². The first-order chi connectivity index (χ1) is 11.9. The lowest BCUT2D eigenvalue weighted by molar-refractivity contribution is -0.384. The molecule has 0 saturated heterocycles. The summed E-state index contributed by atoms with van der Waals surface area (Å²) in [6, 6.07) is 10.5. The van der Waals surface area contributed by atoms with Gasteiger partial charge in [0.1, 0.15) is 0 Å². The van der Waals surface area contributed by atoms with Crippen LogP contribution in [0.2, 0.25) is 5.02 Å². The number of amides is 2. The van der Waals surface area contributed by atoms with E-state index in [4.69, 9.17) is 11.6 Å². The van der Waals surface area contributed by atoms with E-state index in [0.29, 0.717) is 16.3 Å². The summed E-state index contributed by atoms with van der Waals surface area (Å²) in [5.41, 5.74) is 3.55. The quantitative estimate of drug-likeness (QED) is 0.377. The smallest absolute Gasteiger partial charge is 0.318 e. The van der Waals surface area contributed by atoms with Crippen molar-refractivity contribution >= 4 is 41.0 Å². The number of aryl methyl sites for hydroxylation is 1. The molecule has 2 amide bonds. The maximum atomic E-state index is 11.8. The zero-order chi connectivity index (χ0) is 18.4. The Balaban J connectivity index is 1.94. The topological polar surface area (TPSA) is 114 Å². The highest BCUT2D eigenvalue weighted by Gasteiger charge is 2.13. The van der Waals surface area contributed by atoms with Crippen molar-refractivity contribution in [3.8, 4) is 0 Å². The van der Waals surface area contributed by atoms with Crippen molar-refractivity contribution in [1.82, 2.24) is 5.43 Å². The number of halogens is 1. The predicted octanol–water partition coefficient (Wildman–Crippen LogP) is 2.65. The lowest BCUT2D eigenvalue weighted by atomic mass is 10.2. The van der Waals surface area contributed by atoms with Gasteiger partial charge in [-0.1, -0.05) is 29.8 Å². The van der Waals surface area contributed by atoms with Gasteiger partial charge in [-0.25, -0.2) is 5.43 Å². The van der Waals surface area contributed by atoms with E-state index < -0.39 is 16.7 Å². The van der Waals surface area contributed by atoms with Crippen molar-refractivity contribution in [2.24, 2.45) is 5.10 Å². The Morgan fingerprint density at radius 3 is 2.64 bits per heavy atom. The summed E-state index contributed by atoms with van der Waals surface area (Å²) in [6.45, 7) is 1.81. The fourth-order valence-electron chi connectivity index (χ4n) is 1.79. The van der Waals surface area contributed by atoms with Crippen molar-refractivity contribution in [3.63, 3.8) is 0 Å². The van der Waals surface area contributed by atoms with Gasteiger partial charge in [0.2, 0.25) is 0 Å². The fourth-order valence-corrected chi connectivity index (χ4v) is 1.97. The van der Waals surface area contributed by atoms with Gasteiger partial charge >= 0.3 is 11.8 Å². The Morgan fingerprint density at radius 1 is 1.20 bits per heavy atom. The first-order valence-electron chi connectivity index (χ1n) is 7.02. The Morgan fingerprint density at radius 2 is 1.96 bits per heavy atom. The third-order valence-electron chi connectivity index (χ3n) is 3.10. The molecule has 9 heteroatoms. The van der Waals surface area contributed by atoms with Gasteiger partial charge in [-0.3, -0.25) is 19.7 Å². The maximum absolute atomic E-state index is 11.8. The van der Waals surface area contributed by atoms with Gasteiger partial charge in [-0.2, -0.15) is 5.10 Å². The molecule has 0 heterocycles. The van der Waals surface area contributed by atoms with Crippen LogP contribution in [0, 0.1) is 17.0 Å². The molecule has 0 aliphatic heterocycles. The van der Waals surface area contributed by atoms with Crippen molar-refractivity contribution in [1.29, 1.82) is 0 Å². The molecule has 2 aromatic carbocycles. The summed E-state index contributed by atoms with van der Waals surface area (Å²) in [7, 11) is 0. The van der Waals surface area contributed by atoms with Crippen LogP contribution in [-0.2, 0) is 9.59 Å². The molecule has 0 aliphatic rings. The minimum absolute atomic E-state index is 0.107. The van der Waals surface area contributed by atoms with Gasteiger partial charge < -0.3 is 5.32 Å². The molecule has 2 aromatic rings. The molecule has 0 fully saturated rings. The largest absolute Gasteiger partial charge is 0.329 e. The summed E-state index contributed by atoms with van der Waals surface area (Å²) < 4.78 is 0. The zero-order valence-corrected chi connectivity index (χ0v) is 13.8. The summed E-state index contributed by atoms with van der Waals surface area (Å²) in [6.07, 6.45) is 1.20. The number of nitrogens with one attached hydrogen (secondary N) is 2. The number of hydrogen-bond donors (Lipinski definition) is 2. The van der Waals surface area contributed by atoms with E-state index in [1.807, 2.05) is 12.3 Å². The third kappa shape index (κ3) is 5.11. The zero-order valence-electron chi connectivity index (χ0n) is 13.0. The number of non-ortho nitro benzene ring substituents is 1. The predicted molar refractivity (Wildman–Crippen MR) is 93.7 cm³/mol. The third-order valence-corrected chi connectivity index (χ3v) is 3.50. The number of nitro benzene ring substituents is 1. The molecule has 0 spiro atoms. The van der Waals surface area contributed by atoms with Gasteiger partial charge in [-0.05, 0) is 24.6 Å². The Hall–Kier alpha value is -3.26. The van der Waals surface area contributed by atoms with Gasteiger partial charge in [0.25, 0.3) is 5.69 Å². The second kappa shape index (κ2) is 8.02. The number of hydrazone groups is 1. The molecule has 0 aromatic heterocycles. The van der Waals surface area contributed by atoms with Crippen LogP contribution < -0.4 is 10.7 Å². The van der Waals surface area contributed by atoms with E-state index in [-0.39, 0.29) is 5.69 Å². The highest BCUT2D eigenvalue weighted by molar-refractivity contribution is 6.39. The van der Waals surface area contributed by atoms with Crippen molar-refractivity contribution < 1.29 is 14.5 Å². The normalized spacial score (nSPS) is 10.5. The first-order valence-corrected chi connectivity index (χ1v) is 7.39. The number of nitro groups is 1. The average molecular weight is 361 g/mol. The number of anilines is 1. The van der Waals surface area contributed by atoms with Crippen LogP contribution in [0.5, 0.6) is 0 Å². The Bertz CT molecular complexity index is 867. The molecular formula is C16H13ClN4O4. The molecule has 8 nitrogen and oxygen atoms in total. The molecular weight excluding hydrogens is 348 g/mol. The maximum Gasteiger partial charge on any atom is 0.329 e. The van der Waals surface area contributed by atoms with Crippen LogP contribution in [0.25, 0.3) is 0 Å². The van der Waals surface area contributed by atoms with E-state index in [0.717, 1.165) is 5.56 Å². The summed E-state index contributed by atoms with van der Waals surface area (Å²) in [5.74, 6) is -1.91. The molecule has 0 aliphatic carbocycles. The minimum Gasteiger partial charge on any atom is -0.318 e. The highest BCUT2D eigenvalue weighted by atomic mass is 35.5. The molecule has 0 radical (unpaired) electrons. The number of carbonyl (C=O) groups excluding carboxylic acids is 2. The van der Waals surface area contributed by atoms with Crippen LogP contribution in [-0.4, -0.2) is 23.0 Å². The Labute approximate surface area is 147 Å². The molecule has 25 heavy (non-hydrogen) atoms. The SMILES string of the molecule is Cc1ccc(NC(=O)C(=O)N/N=C\c2cccc([N+](=O)[O-])c2)cc1Cl. The lowest BCUT2D eigenvalue weighted by Gasteiger charge is -2.05. The van der Waals surface area contributed by atoms with Crippen LogP contribution in [0.4, 0.5) is 11.4 Å². The van der Waals surface area contributed by atoms with E-state index in [1.165, 1.54) is 30.5 Å². The number of hydrogen-bond acceptors (Lipinski definition) is 5. The lowest BCUT2D eigenvalue weighted by Crippen LogP contribution is -2.32. The molecule has 0 bridgehead atoms. The second-order valence-electron chi connectivity index (χ2n) is 4.97. The van der Waals surface area contributed by atoms with Crippen LogP contribution in [0.15, 0.2) is 47.6 Å². The highest BCUT2D eigenvalue weighted by Crippen LogP contribution is 2.19. The molecule has 2 N–H and O–H groups in total. The van der Waals surface area contributed by atoms with Gasteiger partial charge in [0.05, 0.1) is 11.1 Å². The summed E-state index contributed by atoms with van der Waals surface area (Å²) in [4.78, 5) is 33.6. The summed E-state index contributed by atoms with van der Waals surface area (Å²) >= 11 is 5.94. The molecule has 128 valence electrons. The van der Waals surface area contributed by atoms with E-state index in [9.17, 15) is 19.7 Å². The summed E-state index contributed by atoms with van der Waals surface area (Å²) in [5, 5.41) is 17.1. The number of carbonyl (C=O) groups is 2. The molecule has 2 rings (SSSR count). The number of benzene rings is 2. The van der Waals surface area contributed by atoms with Crippen molar-refractivity contribution in [3.05, 3.63) is 68.7 Å². The monoisotopic (exact) mass is 360 g/mol. The first kappa shape index (κ1) is 18.1. The van der Waals surface area contributed by atoms with Crippen LogP contribution in [0.1, 0.15) is 11.1 Å². The van der Waals surface area contributed by atoms with Crippen molar-refractivity contribution in [2.45, 2.75) is 6.92 Å². The standard InChI is InChI=1S/C16H13ClN4O4/c1-10-5-6-12(8-14(10)17)19-15(22)16(23)20-18-9-11-3-2-4-13(7-11)21(24)25/h2-9H,1H3,(H,19,22)(H,20,23)/b18-9-. The number of nitrogens with zero attached hydrogens (tertiary/aromatic N) is 2. The van der Waals surface area contributed by atoms with Crippen LogP contribution in [0.3, 0.4) is 0 Å². The molecule has 0 atom stereocenters. The molecule has 0 unspecified atom stereocenters. The fraction of sp³-hybridized carbons (Fsp3) is 0.0625. The van der Waals surface area contributed by atoms with E-state index in [1.54, 1.807) is 18.2 Å². The minimum atomic E-state index is -0.988. The number of rotatable bonds is 4. The second-order valence-corrected chi connectivity index (χ2v) is 5.38. The Kier molecular flexibility index (Phi) is 5.80. The van der Waals surface area contributed by atoms with E-state index in [2.05, 4.69) is 10.4 Å². The van der Waals surface area contributed by atoms with Gasteiger partial charge in [0, 0.05) is 28.4 Å². The van der Waals surface area contributed by atoms with Crippen LogP contribution >= 0.6 is 11.6 Å². The average Bonchev–Trinajstić information content (AvgIpc) is 2.58.